The van der Waals surface area contributed by atoms with E-state index >= 15 is 0 Å². The number of nitrogens with zero attached hydrogens (tertiary/aromatic N) is 2. The van der Waals surface area contributed by atoms with Crippen LogP contribution in [0.2, 0.25) is 0 Å². The highest BCUT2D eigenvalue weighted by Gasteiger charge is 2.17. The summed E-state index contributed by atoms with van der Waals surface area (Å²) >= 11 is 1.14. The summed E-state index contributed by atoms with van der Waals surface area (Å²) in [6, 6.07) is 8.11. The molecule has 0 saturated carbocycles. The number of fused-ring (bicyclic) bond motifs is 2. The minimum Gasteiger partial charge on any atom is -0.465 e. The minimum absolute atomic E-state index is 0.0598. The van der Waals surface area contributed by atoms with Crippen LogP contribution in [-0.4, -0.2) is 28.5 Å². The van der Waals surface area contributed by atoms with Crippen LogP contribution < -0.4 is 10.9 Å². The molecule has 0 radical (unpaired) electrons. The van der Waals surface area contributed by atoms with E-state index in [0.717, 1.165) is 30.0 Å². The second kappa shape index (κ2) is 6.38. The molecule has 4 rings (SSSR count). The van der Waals surface area contributed by atoms with Gasteiger partial charge in [-0.3, -0.25) is 14.2 Å². The Hall–Kier alpha value is -3.00. The SMILES string of the molecule is COC(=O)c1ccc(NC(=O)c2ccc3c(=O)n4c(nc3c2)CCC4)s1. The highest BCUT2D eigenvalue weighted by Crippen LogP contribution is 2.23. The Morgan fingerprint density at radius 1 is 1.27 bits per heavy atom. The number of methoxy groups -OCH3 is 1. The van der Waals surface area contributed by atoms with Gasteiger partial charge < -0.3 is 10.1 Å². The van der Waals surface area contributed by atoms with Crippen molar-refractivity contribution in [1.29, 1.82) is 0 Å². The molecule has 0 saturated heterocycles. The summed E-state index contributed by atoms with van der Waals surface area (Å²) in [6.07, 6.45) is 1.68. The molecule has 0 aliphatic carbocycles. The summed E-state index contributed by atoms with van der Waals surface area (Å²) in [5.41, 5.74) is 0.869. The van der Waals surface area contributed by atoms with Crippen LogP contribution in [0.25, 0.3) is 10.9 Å². The Morgan fingerprint density at radius 3 is 2.92 bits per heavy atom. The van der Waals surface area contributed by atoms with Crippen molar-refractivity contribution in [1.82, 2.24) is 9.55 Å². The van der Waals surface area contributed by atoms with E-state index < -0.39 is 5.97 Å². The van der Waals surface area contributed by atoms with E-state index in [1.807, 2.05) is 0 Å². The standard InChI is InChI=1S/C18H15N3O4S/c1-25-18(24)13-6-7-15(26-13)20-16(22)10-4-5-11-12(9-10)19-14-3-2-8-21(14)17(11)23/h4-7,9H,2-3,8H2,1H3,(H,20,22). The number of hydrogen-bond acceptors (Lipinski definition) is 6. The van der Waals surface area contributed by atoms with Crippen molar-refractivity contribution in [3.05, 3.63) is 57.0 Å². The first-order valence-electron chi connectivity index (χ1n) is 8.10. The fourth-order valence-corrected chi connectivity index (χ4v) is 3.84. The number of esters is 1. The Bertz CT molecular complexity index is 1100. The molecule has 0 atom stereocenters. The molecule has 1 aliphatic rings. The van der Waals surface area contributed by atoms with Gasteiger partial charge in [-0.2, -0.15) is 0 Å². The van der Waals surface area contributed by atoms with E-state index in [0.29, 0.717) is 32.9 Å². The maximum atomic E-state index is 12.5. The number of anilines is 1. The molecule has 1 amide bonds. The monoisotopic (exact) mass is 369 g/mol. The van der Waals surface area contributed by atoms with Crippen LogP contribution in [0, 0.1) is 0 Å². The number of aryl methyl sites for hydroxylation is 1. The smallest absolute Gasteiger partial charge is 0.348 e. The topological polar surface area (TPSA) is 90.3 Å². The molecule has 2 aromatic heterocycles. The number of carbonyl (C=O) groups is 2. The molecule has 8 heteroatoms. The first-order valence-corrected chi connectivity index (χ1v) is 8.91. The lowest BCUT2D eigenvalue weighted by molar-refractivity contribution is 0.0606. The van der Waals surface area contributed by atoms with E-state index in [9.17, 15) is 14.4 Å². The van der Waals surface area contributed by atoms with Gasteiger partial charge in [-0.1, -0.05) is 0 Å². The molecule has 1 aliphatic heterocycles. The maximum Gasteiger partial charge on any atom is 0.348 e. The summed E-state index contributed by atoms with van der Waals surface area (Å²) in [5, 5.41) is 3.80. The highest BCUT2D eigenvalue weighted by atomic mass is 32.1. The zero-order valence-electron chi connectivity index (χ0n) is 13.9. The molecule has 3 aromatic rings. The number of nitrogens with one attached hydrogen (secondary N) is 1. The van der Waals surface area contributed by atoms with Gasteiger partial charge in [-0.25, -0.2) is 9.78 Å². The first kappa shape index (κ1) is 16.5. The van der Waals surface area contributed by atoms with Crippen LogP contribution in [0.3, 0.4) is 0 Å². The summed E-state index contributed by atoms with van der Waals surface area (Å²) in [5.74, 6) is -0.00617. The van der Waals surface area contributed by atoms with Crippen molar-refractivity contribution < 1.29 is 14.3 Å². The largest absolute Gasteiger partial charge is 0.465 e. The third-order valence-electron chi connectivity index (χ3n) is 4.31. The Morgan fingerprint density at radius 2 is 2.12 bits per heavy atom. The predicted octanol–water partition coefficient (Wildman–Crippen LogP) is 2.44. The molecule has 1 N–H and O–H groups in total. The number of amides is 1. The number of rotatable bonds is 3. The van der Waals surface area contributed by atoms with Gasteiger partial charge in [-0.15, -0.1) is 11.3 Å². The highest BCUT2D eigenvalue weighted by molar-refractivity contribution is 7.18. The average molecular weight is 369 g/mol. The second-order valence-electron chi connectivity index (χ2n) is 5.93. The van der Waals surface area contributed by atoms with Crippen molar-refractivity contribution in [2.75, 3.05) is 12.4 Å². The molecule has 0 unspecified atom stereocenters. The van der Waals surface area contributed by atoms with E-state index in [1.54, 1.807) is 34.9 Å². The minimum atomic E-state index is -0.445. The van der Waals surface area contributed by atoms with Gasteiger partial charge in [0, 0.05) is 18.5 Å². The van der Waals surface area contributed by atoms with Crippen LogP contribution in [0.5, 0.6) is 0 Å². The lowest BCUT2D eigenvalue weighted by atomic mass is 10.1. The van der Waals surface area contributed by atoms with Crippen molar-refractivity contribution >= 4 is 39.1 Å². The van der Waals surface area contributed by atoms with Gasteiger partial charge in [0.2, 0.25) is 0 Å². The van der Waals surface area contributed by atoms with Gasteiger partial charge >= 0.3 is 5.97 Å². The van der Waals surface area contributed by atoms with Gasteiger partial charge in [0.25, 0.3) is 11.5 Å². The van der Waals surface area contributed by atoms with Gasteiger partial charge in [-0.05, 0) is 36.8 Å². The van der Waals surface area contributed by atoms with Crippen LogP contribution in [0.1, 0.15) is 32.3 Å². The third kappa shape index (κ3) is 2.78. The zero-order valence-corrected chi connectivity index (χ0v) is 14.8. The number of carbonyl (C=O) groups excluding carboxylic acids is 2. The summed E-state index contributed by atoms with van der Waals surface area (Å²) in [6.45, 7) is 0.695. The Labute approximate surface area is 152 Å². The fraction of sp³-hybridized carbons (Fsp3) is 0.222. The molecule has 7 nitrogen and oxygen atoms in total. The summed E-state index contributed by atoms with van der Waals surface area (Å²) in [4.78, 5) is 41.4. The predicted molar refractivity (Wildman–Crippen MR) is 97.9 cm³/mol. The average Bonchev–Trinajstić information content (AvgIpc) is 3.30. The van der Waals surface area contributed by atoms with E-state index in [1.165, 1.54) is 7.11 Å². The maximum absolute atomic E-state index is 12.5. The molecule has 0 fully saturated rings. The van der Waals surface area contributed by atoms with Crippen molar-refractivity contribution in [2.24, 2.45) is 0 Å². The van der Waals surface area contributed by atoms with Crippen LogP contribution in [0.4, 0.5) is 5.00 Å². The Kier molecular flexibility index (Phi) is 4.04. The normalized spacial score (nSPS) is 12.8. The van der Waals surface area contributed by atoms with Crippen molar-refractivity contribution in [3.63, 3.8) is 0 Å². The number of ether oxygens (including phenoxy) is 1. The molecule has 26 heavy (non-hydrogen) atoms. The number of benzene rings is 1. The second-order valence-corrected chi connectivity index (χ2v) is 7.01. The van der Waals surface area contributed by atoms with Crippen LogP contribution in [-0.2, 0) is 17.7 Å². The van der Waals surface area contributed by atoms with Crippen molar-refractivity contribution in [2.45, 2.75) is 19.4 Å². The van der Waals surface area contributed by atoms with Crippen LogP contribution >= 0.6 is 11.3 Å². The van der Waals surface area contributed by atoms with Gasteiger partial charge in [0.1, 0.15) is 10.7 Å². The molecular formula is C18H15N3O4S. The first-order chi connectivity index (χ1) is 12.6. The Balaban J connectivity index is 1.63. The molecular weight excluding hydrogens is 354 g/mol. The molecule has 0 bridgehead atoms. The number of aromatic nitrogens is 2. The fourth-order valence-electron chi connectivity index (χ4n) is 3.02. The lowest BCUT2D eigenvalue weighted by Crippen LogP contribution is -2.21. The van der Waals surface area contributed by atoms with Gasteiger partial charge in [0.05, 0.1) is 23.0 Å². The molecule has 132 valence electrons. The van der Waals surface area contributed by atoms with Crippen LogP contribution in [0.15, 0.2) is 35.1 Å². The van der Waals surface area contributed by atoms with E-state index in [4.69, 9.17) is 0 Å². The van der Waals surface area contributed by atoms with Gasteiger partial charge in [0.15, 0.2) is 0 Å². The molecule has 0 spiro atoms. The van der Waals surface area contributed by atoms with Crippen molar-refractivity contribution in [3.8, 4) is 0 Å². The quantitative estimate of drug-likeness (QED) is 0.716. The van der Waals surface area contributed by atoms with E-state index in [2.05, 4.69) is 15.0 Å². The zero-order chi connectivity index (χ0) is 18.3. The number of hydrogen-bond donors (Lipinski definition) is 1. The third-order valence-corrected chi connectivity index (χ3v) is 5.29. The summed E-state index contributed by atoms with van der Waals surface area (Å²) < 4.78 is 6.35. The lowest BCUT2D eigenvalue weighted by Gasteiger charge is -2.07. The summed E-state index contributed by atoms with van der Waals surface area (Å²) in [7, 11) is 1.31. The molecule has 1 aromatic carbocycles. The van der Waals surface area contributed by atoms with E-state index in [-0.39, 0.29) is 11.5 Å². The number of thiophene rings is 1. The molecule has 3 heterocycles.